The Morgan fingerprint density at radius 2 is 2.14 bits per heavy atom. The molecule has 1 aromatic carbocycles. The number of rotatable bonds is 2. The Bertz CT molecular complexity index is 852. The van der Waals surface area contributed by atoms with Crippen molar-refractivity contribution in [2.24, 2.45) is 4.99 Å². The molecule has 22 heavy (non-hydrogen) atoms. The van der Waals surface area contributed by atoms with E-state index in [9.17, 15) is 0 Å². The first-order valence-electron chi connectivity index (χ1n) is 6.91. The molecule has 4 rings (SSSR count). The van der Waals surface area contributed by atoms with Crippen LogP contribution in [0.4, 0.5) is 11.6 Å². The van der Waals surface area contributed by atoms with Crippen LogP contribution in [0.5, 0.6) is 0 Å². The molecule has 0 saturated heterocycles. The van der Waals surface area contributed by atoms with E-state index >= 15 is 0 Å². The van der Waals surface area contributed by atoms with Crippen LogP contribution in [-0.2, 0) is 0 Å². The first-order chi connectivity index (χ1) is 10.8. The van der Waals surface area contributed by atoms with Gasteiger partial charge in [0.25, 0.3) is 0 Å². The van der Waals surface area contributed by atoms with E-state index in [-0.39, 0.29) is 0 Å². The average Bonchev–Trinajstić information content (AvgIpc) is 3.09. The van der Waals surface area contributed by atoms with E-state index in [0.29, 0.717) is 12.4 Å². The summed E-state index contributed by atoms with van der Waals surface area (Å²) in [6, 6.07) is 6.08. The van der Waals surface area contributed by atoms with Crippen LogP contribution < -0.4 is 5.32 Å². The fourth-order valence-electron chi connectivity index (χ4n) is 2.44. The Morgan fingerprint density at radius 3 is 2.95 bits per heavy atom. The van der Waals surface area contributed by atoms with Gasteiger partial charge >= 0.3 is 0 Å². The minimum atomic E-state index is 0.630. The third-order valence-electron chi connectivity index (χ3n) is 3.52. The maximum atomic E-state index is 4.61. The van der Waals surface area contributed by atoms with Crippen molar-refractivity contribution in [1.29, 1.82) is 0 Å². The van der Waals surface area contributed by atoms with E-state index in [2.05, 4.69) is 41.5 Å². The lowest BCUT2D eigenvalue weighted by Crippen LogP contribution is -2.09. The summed E-state index contributed by atoms with van der Waals surface area (Å²) in [4.78, 5) is 17.4. The second kappa shape index (κ2) is 5.03. The number of anilines is 1. The number of hydrogen-bond acceptors (Lipinski definition) is 6. The first kappa shape index (κ1) is 12.6. The van der Waals surface area contributed by atoms with Gasteiger partial charge in [-0.05, 0) is 18.6 Å². The quantitative estimate of drug-likeness (QED) is 0.756. The number of nitrogens with one attached hydrogen (secondary N) is 2. The maximum Gasteiger partial charge on any atom is 0.195 e. The van der Waals surface area contributed by atoms with E-state index < -0.39 is 0 Å². The third kappa shape index (κ3) is 2.12. The normalized spacial score (nSPS) is 12.8. The lowest BCUT2D eigenvalue weighted by atomic mass is 10.0. The highest BCUT2D eigenvalue weighted by atomic mass is 15.2. The molecule has 0 spiro atoms. The van der Waals surface area contributed by atoms with Crippen LogP contribution in [0, 0.1) is 6.92 Å². The number of H-pyrrole nitrogens is 1. The zero-order valence-electron chi connectivity index (χ0n) is 11.9. The Balaban J connectivity index is 1.75. The third-order valence-corrected chi connectivity index (χ3v) is 3.52. The standard InChI is InChI=1S/C15H13N7/c1-9-6-10(13-19-8-20-22-13)2-3-11(9)12-7-18-14-15(21-12)17-5-4-16-14/h2-4,6-8H,5H2,1H3,(H,17,21)(H,19,20,22). The molecule has 0 atom stereocenters. The maximum absolute atomic E-state index is 4.61. The fraction of sp³-hybridized carbons (Fsp3) is 0.133. The monoisotopic (exact) mass is 291 g/mol. The number of hydrogen-bond donors (Lipinski definition) is 2. The zero-order chi connectivity index (χ0) is 14.9. The zero-order valence-corrected chi connectivity index (χ0v) is 11.9. The van der Waals surface area contributed by atoms with Crippen molar-refractivity contribution in [2.45, 2.75) is 6.92 Å². The largest absolute Gasteiger partial charge is 0.362 e. The van der Waals surface area contributed by atoms with Crippen molar-refractivity contribution >= 4 is 17.9 Å². The Labute approximate surface area is 126 Å². The molecule has 0 amide bonds. The van der Waals surface area contributed by atoms with Gasteiger partial charge in [0.15, 0.2) is 17.5 Å². The second-order valence-corrected chi connectivity index (χ2v) is 4.98. The van der Waals surface area contributed by atoms with Gasteiger partial charge in [-0.25, -0.2) is 19.9 Å². The van der Waals surface area contributed by atoms with Gasteiger partial charge in [0.2, 0.25) is 0 Å². The Hall–Kier alpha value is -3.09. The summed E-state index contributed by atoms with van der Waals surface area (Å²) in [5, 5.41) is 9.92. The lowest BCUT2D eigenvalue weighted by molar-refractivity contribution is 1.09. The van der Waals surface area contributed by atoms with Gasteiger partial charge in [-0.1, -0.05) is 12.1 Å². The van der Waals surface area contributed by atoms with Gasteiger partial charge in [-0.3, -0.25) is 5.10 Å². The molecule has 1 aliphatic rings. The van der Waals surface area contributed by atoms with Crippen molar-refractivity contribution in [3.8, 4) is 22.6 Å². The molecule has 3 heterocycles. The van der Waals surface area contributed by atoms with Crippen LogP contribution in [0.25, 0.3) is 22.6 Å². The Kier molecular flexibility index (Phi) is 2.89. The molecule has 3 aromatic rings. The summed E-state index contributed by atoms with van der Waals surface area (Å²) < 4.78 is 0. The molecule has 0 unspecified atom stereocenters. The molecule has 2 N–H and O–H groups in total. The highest BCUT2D eigenvalue weighted by molar-refractivity contribution is 5.78. The van der Waals surface area contributed by atoms with Crippen molar-refractivity contribution < 1.29 is 0 Å². The summed E-state index contributed by atoms with van der Waals surface area (Å²) in [6.45, 7) is 2.72. The summed E-state index contributed by atoms with van der Waals surface area (Å²) in [7, 11) is 0. The number of aliphatic imine (C=N–C) groups is 1. The molecule has 2 aromatic heterocycles. The smallest absolute Gasteiger partial charge is 0.195 e. The van der Waals surface area contributed by atoms with Gasteiger partial charge in [0.1, 0.15) is 6.33 Å². The molecule has 108 valence electrons. The van der Waals surface area contributed by atoms with Gasteiger partial charge in [-0.15, -0.1) is 0 Å². The van der Waals surface area contributed by atoms with Crippen LogP contribution in [0.15, 0.2) is 35.7 Å². The summed E-state index contributed by atoms with van der Waals surface area (Å²) >= 11 is 0. The minimum absolute atomic E-state index is 0.630. The molecular weight excluding hydrogens is 278 g/mol. The first-order valence-corrected chi connectivity index (χ1v) is 6.91. The molecule has 0 saturated carbocycles. The van der Waals surface area contributed by atoms with Gasteiger partial charge in [0.05, 0.1) is 18.4 Å². The van der Waals surface area contributed by atoms with Crippen LogP contribution >= 0.6 is 0 Å². The van der Waals surface area contributed by atoms with E-state index in [0.717, 1.165) is 34.0 Å². The van der Waals surface area contributed by atoms with Crippen LogP contribution in [0.2, 0.25) is 0 Å². The molecular formula is C15H13N7. The SMILES string of the molecule is Cc1cc(-c2ncn[nH]2)ccc1-c1cnc2c(n1)NCC=N2. The summed E-state index contributed by atoms with van der Waals surface area (Å²) in [5.74, 6) is 2.10. The van der Waals surface area contributed by atoms with Crippen LogP contribution in [0.3, 0.4) is 0 Å². The predicted molar refractivity (Wildman–Crippen MR) is 84.2 cm³/mol. The number of nitrogens with zero attached hydrogens (tertiary/aromatic N) is 5. The van der Waals surface area contributed by atoms with Gasteiger partial charge in [0, 0.05) is 17.3 Å². The van der Waals surface area contributed by atoms with Crippen molar-refractivity contribution in [3.05, 3.63) is 36.3 Å². The van der Waals surface area contributed by atoms with Crippen molar-refractivity contribution in [2.75, 3.05) is 11.9 Å². The lowest BCUT2D eigenvalue weighted by Gasteiger charge is -2.12. The topological polar surface area (TPSA) is 91.7 Å². The molecule has 7 nitrogen and oxygen atoms in total. The number of benzene rings is 1. The number of aromatic amines is 1. The molecule has 7 heteroatoms. The number of aromatic nitrogens is 5. The van der Waals surface area contributed by atoms with Crippen LogP contribution in [0.1, 0.15) is 5.56 Å². The molecule has 0 fully saturated rings. The highest BCUT2D eigenvalue weighted by Crippen LogP contribution is 2.29. The predicted octanol–water partition coefficient (Wildman–Crippen LogP) is 2.36. The number of fused-ring (bicyclic) bond motifs is 1. The van der Waals surface area contributed by atoms with Gasteiger partial charge in [-0.2, -0.15) is 5.10 Å². The second-order valence-electron chi connectivity index (χ2n) is 4.98. The molecule has 0 bridgehead atoms. The molecule has 0 aliphatic carbocycles. The highest BCUT2D eigenvalue weighted by Gasteiger charge is 2.12. The van der Waals surface area contributed by atoms with Crippen LogP contribution in [-0.4, -0.2) is 37.9 Å². The van der Waals surface area contributed by atoms with E-state index in [1.54, 1.807) is 12.4 Å². The van der Waals surface area contributed by atoms with Crippen molar-refractivity contribution in [1.82, 2.24) is 25.1 Å². The van der Waals surface area contributed by atoms with Gasteiger partial charge < -0.3 is 5.32 Å². The Morgan fingerprint density at radius 1 is 1.18 bits per heavy atom. The summed E-state index contributed by atoms with van der Waals surface area (Å²) in [6.07, 6.45) is 5.04. The number of aryl methyl sites for hydroxylation is 1. The fourth-order valence-corrected chi connectivity index (χ4v) is 2.44. The van der Waals surface area contributed by atoms with Crippen molar-refractivity contribution in [3.63, 3.8) is 0 Å². The van der Waals surface area contributed by atoms with E-state index in [4.69, 9.17) is 0 Å². The molecule has 0 radical (unpaired) electrons. The molecule has 1 aliphatic heterocycles. The summed E-state index contributed by atoms with van der Waals surface area (Å²) in [5.41, 5.74) is 3.95. The minimum Gasteiger partial charge on any atom is -0.362 e. The van der Waals surface area contributed by atoms with E-state index in [1.165, 1.54) is 6.33 Å². The van der Waals surface area contributed by atoms with E-state index in [1.807, 2.05) is 19.1 Å². The average molecular weight is 291 g/mol.